The molecule has 0 fully saturated rings. The Labute approximate surface area is 181 Å². The van der Waals surface area contributed by atoms with Gasteiger partial charge in [-0.2, -0.15) is 8.42 Å². The highest BCUT2D eigenvalue weighted by atomic mass is 35.5. The Hall–Kier alpha value is -2.77. The predicted octanol–water partition coefficient (Wildman–Crippen LogP) is 4.94. The number of nitrogens with zero attached hydrogens (tertiary/aromatic N) is 1. The standard InChI is InChI=1S/C22H23ClN2O4S/c1-3-13-30(27,28)29-21(26)12-7-15(2)25-14-18(16-8-10-17(23)11-9-16)22-19(24)5-4-6-20(22)25/h3-6,8-11,14-15H,1,7,12-13,24H2,2H3. The lowest BCUT2D eigenvalue weighted by Crippen LogP contribution is -2.16. The van der Waals surface area contributed by atoms with Gasteiger partial charge in [0.15, 0.2) is 0 Å². The molecule has 0 amide bonds. The van der Waals surface area contributed by atoms with E-state index in [1.54, 1.807) is 0 Å². The van der Waals surface area contributed by atoms with Gasteiger partial charge in [0.1, 0.15) is 5.75 Å². The topological polar surface area (TPSA) is 91.4 Å². The fourth-order valence-electron chi connectivity index (χ4n) is 3.38. The van der Waals surface area contributed by atoms with Crippen LogP contribution in [0.5, 0.6) is 0 Å². The van der Waals surface area contributed by atoms with Gasteiger partial charge in [-0.3, -0.25) is 4.79 Å². The van der Waals surface area contributed by atoms with Gasteiger partial charge < -0.3 is 14.5 Å². The molecule has 2 aromatic carbocycles. The van der Waals surface area contributed by atoms with Crippen molar-refractivity contribution in [3.8, 4) is 11.1 Å². The first-order valence-corrected chi connectivity index (χ1v) is 11.4. The molecule has 30 heavy (non-hydrogen) atoms. The first-order valence-electron chi connectivity index (χ1n) is 9.42. The Morgan fingerprint density at radius 1 is 1.27 bits per heavy atom. The van der Waals surface area contributed by atoms with E-state index in [1.807, 2.05) is 60.2 Å². The van der Waals surface area contributed by atoms with Crippen LogP contribution in [0.1, 0.15) is 25.8 Å². The Morgan fingerprint density at radius 2 is 1.97 bits per heavy atom. The van der Waals surface area contributed by atoms with Crippen LogP contribution in [0, 0.1) is 0 Å². The number of fused-ring (bicyclic) bond motifs is 1. The third-order valence-corrected chi connectivity index (χ3v) is 6.16. The molecule has 1 aromatic heterocycles. The van der Waals surface area contributed by atoms with E-state index in [-0.39, 0.29) is 12.5 Å². The number of hydrogen-bond acceptors (Lipinski definition) is 5. The van der Waals surface area contributed by atoms with Crippen LogP contribution >= 0.6 is 11.6 Å². The molecular formula is C22H23ClN2O4S. The summed E-state index contributed by atoms with van der Waals surface area (Å²) in [5, 5.41) is 1.57. The van der Waals surface area contributed by atoms with Crippen LogP contribution < -0.4 is 5.73 Å². The van der Waals surface area contributed by atoms with E-state index in [9.17, 15) is 13.2 Å². The van der Waals surface area contributed by atoms with Crippen LogP contribution in [0.25, 0.3) is 22.0 Å². The van der Waals surface area contributed by atoms with Crippen molar-refractivity contribution in [3.05, 3.63) is 66.3 Å². The average Bonchev–Trinajstić information content (AvgIpc) is 3.07. The lowest BCUT2D eigenvalue weighted by molar-refractivity contribution is -0.134. The summed E-state index contributed by atoms with van der Waals surface area (Å²) in [5.74, 6) is -1.18. The van der Waals surface area contributed by atoms with Gasteiger partial charge >= 0.3 is 16.1 Å². The van der Waals surface area contributed by atoms with Crippen molar-refractivity contribution in [1.29, 1.82) is 0 Å². The van der Waals surface area contributed by atoms with Gasteiger partial charge in [0.25, 0.3) is 0 Å². The van der Waals surface area contributed by atoms with E-state index < -0.39 is 21.8 Å². The van der Waals surface area contributed by atoms with Gasteiger partial charge in [-0.25, -0.2) is 0 Å². The second-order valence-electron chi connectivity index (χ2n) is 7.05. The van der Waals surface area contributed by atoms with Crippen LogP contribution in [0.4, 0.5) is 5.69 Å². The van der Waals surface area contributed by atoms with E-state index in [0.717, 1.165) is 22.0 Å². The minimum absolute atomic E-state index is 0.0319. The molecule has 0 saturated carbocycles. The van der Waals surface area contributed by atoms with Gasteiger partial charge in [-0.15, -0.1) is 6.58 Å². The van der Waals surface area contributed by atoms with E-state index >= 15 is 0 Å². The number of hydrogen-bond donors (Lipinski definition) is 1. The molecule has 0 radical (unpaired) electrons. The summed E-state index contributed by atoms with van der Waals surface area (Å²) in [6.45, 7) is 5.30. The van der Waals surface area contributed by atoms with Gasteiger partial charge in [-0.05, 0) is 43.2 Å². The van der Waals surface area contributed by atoms with E-state index in [2.05, 4.69) is 10.8 Å². The molecule has 0 saturated heterocycles. The van der Waals surface area contributed by atoms with Crippen LogP contribution in [0.3, 0.4) is 0 Å². The summed E-state index contributed by atoms with van der Waals surface area (Å²) >= 11 is 6.02. The minimum Gasteiger partial charge on any atom is -0.398 e. The maximum absolute atomic E-state index is 12.0. The van der Waals surface area contributed by atoms with Gasteiger partial charge in [0.2, 0.25) is 0 Å². The molecule has 1 atom stereocenters. The molecular weight excluding hydrogens is 424 g/mol. The number of benzene rings is 2. The fourth-order valence-corrected chi connectivity index (χ4v) is 4.23. The Bertz CT molecular complexity index is 1180. The number of carbonyl (C=O) groups is 1. The largest absolute Gasteiger partial charge is 0.398 e. The quantitative estimate of drug-likeness (QED) is 0.300. The molecule has 0 bridgehead atoms. The molecule has 8 heteroatoms. The van der Waals surface area contributed by atoms with Gasteiger partial charge in [0.05, 0.1) is 5.52 Å². The zero-order chi connectivity index (χ0) is 21.9. The molecule has 0 aliphatic carbocycles. The molecule has 0 aliphatic heterocycles. The maximum atomic E-state index is 12.0. The third kappa shape index (κ3) is 4.86. The highest BCUT2D eigenvalue weighted by Crippen LogP contribution is 2.37. The molecule has 1 unspecified atom stereocenters. The van der Waals surface area contributed by atoms with Crippen LogP contribution in [0.15, 0.2) is 61.3 Å². The van der Waals surface area contributed by atoms with Crippen molar-refractivity contribution in [2.24, 2.45) is 0 Å². The fraction of sp³-hybridized carbons (Fsp3) is 0.227. The number of nitrogen functional groups attached to an aromatic ring is 1. The van der Waals surface area contributed by atoms with E-state index in [1.165, 1.54) is 6.08 Å². The minimum atomic E-state index is -3.92. The lowest BCUT2D eigenvalue weighted by Gasteiger charge is -2.15. The molecule has 0 aliphatic rings. The Balaban J connectivity index is 1.87. The smallest absolute Gasteiger partial charge is 0.322 e. The molecule has 2 N–H and O–H groups in total. The molecule has 3 aromatic rings. The zero-order valence-corrected chi connectivity index (χ0v) is 18.1. The van der Waals surface area contributed by atoms with Crippen molar-refractivity contribution >= 4 is 44.3 Å². The summed E-state index contributed by atoms with van der Waals surface area (Å²) < 4.78 is 29.8. The first kappa shape index (κ1) is 21.9. The van der Waals surface area contributed by atoms with Gasteiger partial charge in [-0.1, -0.05) is 35.9 Å². The highest BCUT2D eigenvalue weighted by Gasteiger charge is 2.19. The van der Waals surface area contributed by atoms with Crippen molar-refractivity contribution in [2.45, 2.75) is 25.8 Å². The number of aromatic nitrogens is 1. The maximum Gasteiger partial charge on any atom is 0.322 e. The first-order chi connectivity index (χ1) is 14.2. The second kappa shape index (κ2) is 8.93. The summed E-state index contributed by atoms with van der Waals surface area (Å²) in [6, 6.07) is 13.1. The Morgan fingerprint density at radius 3 is 2.63 bits per heavy atom. The summed E-state index contributed by atoms with van der Waals surface area (Å²) in [6.07, 6.45) is 3.55. The van der Waals surface area contributed by atoms with Gasteiger partial charge in [0, 0.05) is 40.3 Å². The second-order valence-corrected chi connectivity index (χ2v) is 9.11. The molecule has 0 spiro atoms. The van der Waals surface area contributed by atoms with Crippen molar-refractivity contribution < 1.29 is 17.4 Å². The lowest BCUT2D eigenvalue weighted by atomic mass is 10.0. The van der Waals surface area contributed by atoms with Crippen molar-refractivity contribution in [2.75, 3.05) is 11.5 Å². The Kier molecular flexibility index (Phi) is 6.53. The molecule has 1 heterocycles. The van der Waals surface area contributed by atoms with Crippen LogP contribution in [-0.2, 0) is 19.1 Å². The molecule has 3 rings (SSSR count). The molecule has 6 nitrogen and oxygen atoms in total. The van der Waals surface area contributed by atoms with Crippen LogP contribution in [-0.4, -0.2) is 24.7 Å². The summed E-state index contributed by atoms with van der Waals surface area (Å²) in [5.41, 5.74) is 9.79. The number of halogens is 1. The summed E-state index contributed by atoms with van der Waals surface area (Å²) in [4.78, 5) is 12.0. The van der Waals surface area contributed by atoms with Crippen molar-refractivity contribution in [3.63, 3.8) is 0 Å². The van der Waals surface area contributed by atoms with Crippen molar-refractivity contribution in [1.82, 2.24) is 4.57 Å². The van der Waals surface area contributed by atoms with E-state index in [4.69, 9.17) is 17.3 Å². The zero-order valence-electron chi connectivity index (χ0n) is 16.5. The molecule has 158 valence electrons. The number of anilines is 1. The normalized spacial score (nSPS) is 12.6. The summed E-state index contributed by atoms with van der Waals surface area (Å²) in [7, 11) is -3.92. The average molecular weight is 447 g/mol. The number of rotatable bonds is 8. The van der Waals surface area contributed by atoms with E-state index in [0.29, 0.717) is 17.1 Å². The van der Waals surface area contributed by atoms with Crippen LogP contribution in [0.2, 0.25) is 5.02 Å². The highest BCUT2D eigenvalue weighted by molar-refractivity contribution is 7.87. The number of carbonyl (C=O) groups excluding carboxylic acids is 1. The predicted molar refractivity (Wildman–Crippen MR) is 121 cm³/mol. The third-order valence-electron chi connectivity index (χ3n) is 4.83. The monoisotopic (exact) mass is 446 g/mol. The SMILES string of the molecule is C=CCS(=O)(=O)OC(=O)CCC(C)n1cc(-c2ccc(Cl)cc2)c2c(N)cccc21. The number of nitrogens with two attached hydrogens (primary N) is 1.